The average molecular weight is 261 g/mol. The van der Waals surface area contributed by atoms with Crippen LogP contribution in [-0.4, -0.2) is 45.2 Å². The molecular formula is C12H18ClFN2O. The number of nitrogens with zero attached hydrogens (tertiary/aromatic N) is 1. The third-order valence-electron chi connectivity index (χ3n) is 2.17. The number of likely N-dealkylation sites (N-methyl/N-ethyl adjacent to an activating group) is 1. The lowest BCUT2D eigenvalue weighted by Gasteiger charge is -2.11. The zero-order valence-corrected chi connectivity index (χ0v) is 10.9. The molecule has 17 heavy (non-hydrogen) atoms. The number of nitrogens with one attached hydrogen (secondary N) is 1. The smallest absolute Gasteiger partial charge is 0.138 e. The fourth-order valence-electron chi connectivity index (χ4n) is 1.25. The van der Waals surface area contributed by atoms with Gasteiger partial charge >= 0.3 is 0 Å². The van der Waals surface area contributed by atoms with Crippen molar-refractivity contribution in [2.75, 3.05) is 40.3 Å². The molecule has 0 bridgehead atoms. The molecular weight excluding hydrogens is 243 g/mol. The van der Waals surface area contributed by atoms with Crippen molar-refractivity contribution in [2.24, 2.45) is 0 Å². The Balaban J connectivity index is 2.18. The molecule has 0 fully saturated rings. The number of halogens is 2. The maximum absolute atomic E-state index is 12.8. The summed E-state index contributed by atoms with van der Waals surface area (Å²) in [5.41, 5.74) is 0. The molecule has 0 aliphatic heterocycles. The summed E-state index contributed by atoms with van der Waals surface area (Å²) in [7, 11) is 4.05. The maximum atomic E-state index is 12.8. The van der Waals surface area contributed by atoms with E-state index in [0.717, 1.165) is 19.6 Å². The number of ether oxygens (including phenoxy) is 1. The summed E-state index contributed by atoms with van der Waals surface area (Å²) >= 11 is 5.82. The summed E-state index contributed by atoms with van der Waals surface area (Å²) in [5.74, 6) is 0.161. The maximum Gasteiger partial charge on any atom is 0.138 e. The van der Waals surface area contributed by atoms with E-state index in [1.807, 2.05) is 14.1 Å². The monoisotopic (exact) mass is 260 g/mol. The van der Waals surface area contributed by atoms with E-state index in [2.05, 4.69) is 10.2 Å². The molecule has 0 amide bonds. The van der Waals surface area contributed by atoms with E-state index in [1.54, 1.807) is 0 Å². The van der Waals surface area contributed by atoms with Crippen LogP contribution in [0, 0.1) is 5.82 Å². The van der Waals surface area contributed by atoms with Crippen LogP contribution in [0.15, 0.2) is 18.2 Å². The van der Waals surface area contributed by atoms with E-state index >= 15 is 0 Å². The van der Waals surface area contributed by atoms with Gasteiger partial charge < -0.3 is 15.0 Å². The van der Waals surface area contributed by atoms with Crippen molar-refractivity contribution in [1.29, 1.82) is 0 Å². The summed E-state index contributed by atoms with van der Waals surface area (Å²) in [5, 5.41) is 3.54. The van der Waals surface area contributed by atoms with Crippen molar-refractivity contribution in [1.82, 2.24) is 10.2 Å². The molecule has 0 saturated heterocycles. The second-order valence-corrected chi connectivity index (χ2v) is 4.38. The Morgan fingerprint density at radius 1 is 1.35 bits per heavy atom. The number of benzene rings is 1. The van der Waals surface area contributed by atoms with Gasteiger partial charge in [0, 0.05) is 19.6 Å². The van der Waals surface area contributed by atoms with Crippen LogP contribution in [0.25, 0.3) is 0 Å². The first-order chi connectivity index (χ1) is 8.09. The van der Waals surface area contributed by atoms with Gasteiger partial charge in [0.1, 0.15) is 18.2 Å². The van der Waals surface area contributed by atoms with Gasteiger partial charge in [0.25, 0.3) is 0 Å². The van der Waals surface area contributed by atoms with Crippen LogP contribution < -0.4 is 10.1 Å². The Kier molecular flexibility index (Phi) is 6.26. The summed E-state index contributed by atoms with van der Waals surface area (Å²) in [6, 6.07) is 4.12. The van der Waals surface area contributed by atoms with Gasteiger partial charge in [-0.2, -0.15) is 0 Å². The predicted octanol–water partition coefficient (Wildman–Crippen LogP) is 2.01. The van der Waals surface area contributed by atoms with Crippen LogP contribution >= 0.6 is 11.6 Å². The second kappa shape index (κ2) is 7.48. The van der Waals surface area contributed by atoms with Crippen molar-refractivity contribution in [3.8, 4) is 5.75 Å². The molecule has 1 aromatic rings. The Hall–Kier alpha value is -0.840. The number of hydrogen-bond donors (Lipinski definition) is 1. The van der Waals surface area contributed by atoms with Gasteiger partial charge in [-0.25, -0.2) is 4.39 Å². The predicted molar refractivity (Wildman–Crippen MR) is 68.3 cm³/mol. The van der Waals surface area contributed by atoms with Crippen molar-refractivity contribution >= 4 is 11.6 Å². The molecule has 1 rings (SSSR count). The van der Waals surface area contributed by atoms with Gasteiger partial charge in [-0.1, -0.05) is 11.6 Å². The Labute approximate surface area is 107 Å². The van der Waals surface area contributed by atoms with Crippen molar-refractivity contribution in [2.45, 2.75) is 0 Å². The lowest BCUT2D eigenvalue weighted by atomic mass is 10.3. The second-order valence-electron chi connectivity index (χ2n) is 3.98. The molecule has 1 N–H and O–H groups in total. The highest BCUT2D eigenvalue weighted by molar-refractivity contribution is 6.32. The van der Waals surface area contributed by atoms with Crippen LogP contribution in [0.5, 0.6) is 5.75 Å². The summed E-state index contributed by atoms with van der Waals surface area (Å²) in [6.07, 6.45) is 0. The highest BCUT2D eigenvalue weighted by Gasteiger charge is 2.02. The van der Waals surface area contributed by atoms with E-state index in [1.165, 1.54) is 18.2 Å². The van der Waals surface area contributed by atoms with Gasteiger partial charge in [0.15, 0.2) is 0 Å². The van der Waals surface area contributed by atoms with Gasteiger partial charge in [-0.05, 0) is 32.3 Å². The summed E-state index contributed by atoms with van der Waals surface area (Å²) < 4.78 is 18.2. The van der Waals surface area contributed by atoms with Crippen LogP contribution in [-0.2, 0) is 0 Å². The molecule has 0 aliphatic carbocycles. The highest BCUT2D eigenvalue weighted by Crippen LogP contribution is 2.24. The normalized spacial score (nSPS) is 10.9. The molecule has 0 atom stereocenters. The molecule has 0 spiro atoms. The Morgan fingerprint density at radius 2 is 2.12 bits per heavy atom. The molecule has 0 saturated carbocycles. The molecule has 0 heterocycles. The topological polar surface area (TPSA) is 24.5 Å². The lowest BCUT2D eigenvalue weighted by Crippen LogP contribution is -2.29. The fourth-order valence-corrected chi connectivity index (χ4v) is 1.47. The standard InChI is InChI=1S/C12H18ClFN2O/c1-16(2)7-5-15-6-8-17-12-4-3-10(14)9-11(12)13/h3-4,9,15H,5-8H2,1-2H3. The molecule has 0 aliphatic rings. The molecule has 0 unspecified atom stereocenters. The molecule has 1 aromatic carbocycles. The van der Waals surface area contributed by atoms with Gasteiger partial charge in [-0.15, -0.1) is 0 Å². The SMILES string of the molecule is CN(C)CCNCCOc1ccc(F)cc1Cl. The van der Waals surface area contributed by atoms with Crippen LogP contribution in [0.4, 0.5) is 4.39 Å². The van der Waals surface area contributed by atoms with E-state index in [-0.39, 0.29) is 5.82 Å². The van der Waals surface area contributed by atoms with Crippen molar-refractivity contribution in [3.63, 3.8) is 0 Å². The quantitative estimate of drug-likeness (QED) is 0.759. The zero-order valence-electron chi connectivity index (χ0n) is 10.2. The van der Waals surface area contributed by atoms with Crippen molar-refractivity contribution < 1.29 is 9.13 Å². The average Bonchev–Trinajstić information content (AvgIpc) is 2.25. The summed E-state index contributed by atoms with van der Waals surface area (Å²) in [4.78, 5) is 2.10. The van der Waals surface area contributed by atoms with Crippen molar-refractivity contribution in [3.05, 3.63) is 29.0 Å². The third kappa shape index (κ3) is 5.86. The highest BCUT2D eigenvalue weighted by atomic mass is 35.5. The van der Waals surface area contributed by atoms with E-state index in [0.29, 0.717) is 17.4 Å². The van der Waals surface area contributed by atoms with Crippen LogP contribution in [0.3, 0.4) is 0 Å². The van der Waals surface area contributed by atoms with E-state index in [9.17, 15) is 4.39 Å². The van der Waals surface area contributed by atoms with E-state index in [4.69, 9.17) is 16.3 Å². The fraction of sp³-hybridized carbons (Fsp3) is 0.500. The minimum Gasteiger partial charge on any atom is -0.491 e. The Bertz CT molecular complexity index is 347. The van der Waals surface area contributed by atoms with E-state index < -0.39 is 0 Å². The first kappa shape index (κ1) is 14.2. The number of hydrogen-bond acceptors (Lipinski definition) is 3. The molecule has 96 valence electrons. The minimum absolute atomic E-state index is 0.304. The third-order valence-corrected chi connectivity index (χ3v) is 2.46. The molecule has 0 aromatic heterocycles. The van der Waals surface area contributed by atoms with Crippen LogP contribution in [0.1, 0.15) is 0 Å². The van der Waals surface area contributed by atoms with Gasteiger partial charge in [-0.3, -0.25) is 0 Å². The summed E-state index contributed by atoms with van der Waals surface area (Å²) in [6.45, 7) is 3.14. The first-order valence-electron chi connectivity index (χ1n) is 5.53. The molecule has 5 heteroatoms. The lowest BCUT2D eigenvalue weighted by molar-refractivity contribution is 0.308. The largest absolute Gasteiger partial charge is 0.491 e. The Morgan fingerprint density at radius 3 is 2.76 bits per heavy atom. The molecule has 0 radical (unpaired) electrons. The van der Waals surface area contributed by atoms with Gasteiger partial charge in [0.2, 0.25) is 0 Å². The molecule has 3 nitrogen and oxygen atoms in total. The number of rotatable bonds is 7. The van der Waals surface area contributed by atoms with Crippen LogP contribution in [0.2, 0.25) is 5.02 Å². The van der Waals surface area contributed by atoms with Gasteiger partial charge in [0.05, 0.1) is 5.02 Å². The first-order valence-corrected chi connectivity index (χ1v) is 5.90. The minimum atomic E-state index is -0.355. The zero-order chi connectivity index (χ0) is 12.7.